The van der Waals surface area contributed by atoms with Crippen LogP contribution in [-0.2, 0) is 4.79 Å². The Labute approximate surface area is 79.7 Å². The first-order valence-corrected chi connectivity index (χ1v) is 5.07. The Morgan fingerprint density at radius 3 is 2.62 bits per heavy atom. The predicted molar refractivity (Wildman–Crippen MR) is 51.6 cm³/mol. The van der Waals surface area contributed by atoms with Crippen molar-refractivity contribution >= 4 is 5.78 Å². The van der Waals surface area contributed by atoms with Crippen molar-refractivity contribution in [1.29, 1.82) is 0 Å². The van der Waals surface area contributed by atoms with Gasteiger partial charge in [-0.15, -0.1) is 0 Å². The first-order chi connectivity index (χ1) is 6.24. The molecule has 1 aliphatic carbocycles. The van der Waals surface area contributed by atoms with Crippen LogP contribution in [-0.4, -0.2) is 42.0 Å². The van der Waals surface area contributed by atoms with E-state index in [1.807, 2.05) is 0 Å². The van der Waals surface area contributed by atoms with Crippen LogP contribution in [0.25, 0.3) is 0 Å². The van der Waals surface area contributed by atoms with Crippen molar-refractivity contribution in [2.75, 3.05) is 20.2 Å². The third kappa shape index (κ3) is 3.44. The molecule has 0 amide bonds. The SMILES string of the molecule is CN(CCCO)C1CCC(=O)CC1. The number of hydrogen-bond donors (Lipinski definition) is 1. The smallest absolute Gasteiger partial charge is 0.133 e. The molecule has 0 radical (unpaired) electrons. The summed E-state index contributed by atoms with van der Waals surface area (Å²) >= 11 is 0. The van der Waals surface area contributed by atoms with Crippen molar-refractivity contribution < 1.29 is 9.90 Å². The molecule has 0 heterocycles. The van der Waals surface area contributed by atoms with Gasteiger partial charge in [0.25, 0.3) is 0 Å². The summed E-state index contributed by atoms with van der Waals surface area (Å²) in [5, 5.41) is 8.67. The Kier molecular flexibility index (Phi) is 4.39. The van der Waals surface area contributed by atoms with Crippen molar-refractivity contribution in [2.24, 2.45) is 0 Å². The summed E-state index contributed by atoms with van der Waals surface area (Å²) in [5.74, 6) is 0.409. The van der Waals surface area contributed by atoms with Gasteiger partial charge in [-0.2, -0.15) is 0 Å². The van der Waals surface area contributed by atoms with Crippen LogP contribution in [0.2, 0.25) is 0 Å². The predicted octanol–water partition coefficient (Wildman–Crippen LogP) is 0.812. The molecule has 1 saturated carbocycles. The van der Waals surface area contributed by atoms with Crippen molar-refractivity contribution in [3.63, 3.8) is 0 Å². The van der Waals surface area contributed by atoms with Crippen molar-refractivity contribution in [3.8, 4) is 0 Å². The minimum Gasteiger partial charge on any atom is -0.396 e. The molecule has 0 saturated heterocycles. The zero-order chi connectivity index (χ0) is 9.68. The van der Waals surface area contributed by atoms with E-state index in [0.29, 0.717) is 11.8 Å². The van der Waals surface area contributed by atoms with Gasteiger partial charge >= 0.3 is 0 Å². The number of ketones is 1. The molecule has 0 aromatic carbocycles. The molecule has 1 aliphatic rings. The van der Waals surface area contributed by atoms with Crippen molar-refractivity contribution in [1.82, 2.24) is 4.90 Å². The van der Waals surface area contributed by atoms with Crippen LogP contribution in [0.15, 0.2) is 0 Å². The van der Waals surface area contributed by atoms with Crippen LogP contribution in [0.1, 0.15) is 32.1 Å². The van der Waals surface area contributed by atoms with E-state index in [4.69, 9.17) is 5.11 Å². The Bertz CT molecular complexity index is 160. The molecule has 3 heteroatoms. The summed E-state index contributed by atoms with van der Waals surface area (Å²) in [7, 11) is 2.08. The largest absolute Gasteiger partial charge is 0.396 e. The highest BCUT2D eigenvalue weighted by Crippen LogP contribution is 2.19. The molecule has 1 fully saturated rings. The van der Waals surface area contributed by atoms with Gasteiger partial charge in [-0.1, -0.05) is 0 Å². The number of nitrogens with zero attached hydrogens (tertiary/aromatic N) is 1. The van der Waals surface area contributed by atoms with Gasteiger partial charge in [0.15, 0.2) is 0 Å². The second-order valence-corrected chi connectivity index (χ2v) is 3.83. The van der Waals surface area contributed by atoms with Gasteiger partial charge < -0.3 is 10.0 Å². The minimum atomic E-state index is 0.260. The Morgan fingerprint density at radius 1 is 1.46 bits per heavy atom. The number of rotatable bonds is 4. The molecule has 0 aromatic heterocycles. The lowest BCUT2D eigenvalue weighted by atomic mass is 9.93. The maximum atomic E-state index is 11.0. The van der Waals surface area contributed by atoms with Gasteiger partial charge in [0, 0.05) is 32.0 Å². The van der Waals surface area contributed by atoms with Crippen LogP contribution in [0.3, 0.4) is 0 Å². The minimum absolute atomic E-state index is 0.260. The van der Waals surface area contributed by atoms with E-state index in [2.05, 4.69) is 11.9 Å². The molecule has 1 rings (SSSR count). The zero-order valence-corrected chi connectivity index (χ0v) is 8.33. The van der Waals surface area contributed by atoms with Gasteiger partial charge in [0.2, 0.25) is 0 Å². The quantitative estimate of drug-likeness (QED) is 0.704. The van der Waals surface area contributed by atoms with Crippen LogP contribution in [0.5, 0.6) is 0 Å². The topological polar surface area (TPSA) is 40.5 Å². The molecule has 0 aliphatic heterocycles. The van der Waals surface area contributed by atoms with Crippen LogP contribution in [0.4, 0.5) is 0 Å². The molecule has 1 N–H and O–H groups in total. The Balaban J connectivity index is 2.23. The maximum absolute atomic E-state index is 11.0. The van der Waals surface area contributed by atoms with E-state index in [-0.39, 0.29) is 6.61 Å². The lowest BCUT2D eigenvalue weighted by Crippen LogP contribution is -2.36. The van der Waals surface area contributed by atoms with Crippen LogP contribution >= 0.6 is 0 Å². The first-order valence-electron chi connectivity index (χ1n) is 5.07. The normalized spacial score (nSPS) is 19.8. The second kappa shape index (κ2) is 5.35. The highest BCUT2D eigenvalue weighted by Gasteiger charge is 2.21. The molecular formula is C10H19NO2. The van der Waals surface area contributed by atoms with Gasteiger partial charge in [-0.25, -0.2) is 0 Å². The van der Waals surface area contributed by atoms with Crippen LogP contribution in [0, 0.1) is 0 Å². The van der Waals surface area contributed by atoms with Gasteiger partial charge in [0.1, 0.15) is 5.78 Å². The van der Waals surface area contributed by atoms with E-state index >= 15 is 0 Å². The molecule has 76 valence electrons. The first kappa shape index (κ1) is 10.7. The molecule has 0 atom stereocenters. The Hall–Kier alpha value is -0.410. The summed E-state index contributed by atoms with van der Waals surface area (Å²) in [6, 6.07) is 0.559. The lowest BCUT2D eigenvalue weighted by Gasteiger charge is -2.30. The lowest BCUT2D eigenvalue weighted by molar-refractivity contribution is -0.121. The molecule has 13 heavy (non-hydrogen) atoms. The second-order valence-electron chi connectivity index (χ2n) is 3.83. The molecule has 0 spiro atoms. The standard InChI is InChI=1S/C10H19NO2/c1-11(7-2-8-12)9-3-5-10(13)6-4-9/h9,12H,2-8H2,1H3. The monoisotopic (exact) mass is 185 g/mol. The molecule has 0 bridgehead atoms. The molecule has 0 aromatic rings. The van der Waals surface area contributed by atoms with E-state index < -0.39 is 0 Å². The van der Waals surface area contributed by atoms with Gasteiger partial charge in [-0.3, -0.25) is 4.79 Å². The van der Waals surface area contributed by atoms with E-state index in [0.717, 1.165) is 38.6 Å². The number of aliphatic hydroxyl groups excluding tert-OH is 1. The van der Waals surface area contributed by atoms with Crippen LogP contribution < -0.4 is 0 Å². The van der Waals surface area contributed by atoms with Gasteiger partial charge in [0.05, 0.1) is 0 Å². The summed E-state index contributed by atoms with van der Waals surface area (Å²) < 4.78 is 0. The number of hydrogen-bond acceptors (Lipinski definition) is 3. The molecule has 0 unspecified atom stereocenters. The zero-order valence-electron chi connectivity index (χ0n) is 8.33. The number of aliphatic hydroxyl groups is 1. The summed E-state index contributed by atoms with van der Waals surface area (Å²) in [4.78, 5) is 13.3. The van der Waals surface area contributed by atoms with E-state index in [9.17, 15) is 4.79 Å². The third-order valence-electron chi connectivity index (χ3n) is 2.81. The highest BCUT2D eigenvalue weighted by molar-refractivity contribution is 5.79. The number of carbonyl (C=O) groups excluding carboxylic acids is 1. The van der Waals surface area contributed by atoms with Crippen molar-refractivity contribution in [3.05, 3.63) is 0 Å². The summed E-state index contributed by atoms with van der Waals surface area (Å²) in [6.07, 6.45) is 4.32. The summed E-state index contributed by atoms with van der Waals surface area (Å²) in [5.41, 5.74) is 0. The third-order valence-corrected chi connectivity index (χ3v) is 2.81. The highest BCUT2D eigenvalue weighted by atomic mass is 16.3. The fourth-order valence-corrected chi connectivity index (χ4v) is 1.87. The van der Waals surface area contributed by atoms with Crippen molar-refractivity contribution in [2.45, 2.75) is 38.1 Å². The van der Waals surface area contributed by atoms with Gasteiger partial charge in [-0.05, 0) is 26.3 Å². The summed E-state index contributed by atoms with van der Waals surface area (Å²) in [6.45, 7) is 1.20. The molecule has 3 nitrogen and oxygen atoms in total. The molecular weight excluding hydrogens is 166 g/mol. The average molecular weight is 185 g/mol. The number of Topliss-reactive ketones (excluding diaryl/α,β-unsaturated/α-hetero) is 1. The van der Waals surface area contributed by atoms with E-state index in [1.54, 1.807) is 0 Å². The fraction of sp³-hybridized carbons (Fsp3) is 0.900. The maximum Gasteiger partial charge on any atom is 0.133 e. The number of carbonyl (C=O) groups is 1. The fourth-order valence-electron chi connectivity index (χ4n) is 1.87. The Morgan fingerprint density at radius 2 is 2.08 bits per heavy atom. The van der Waals surface area contributed by atoms with E-state index in [1.165, 1.54) is 0 Å². The average Bonchev–Trinajstić information content (AvgIpc) is 2.15.